The van der Waals surface area contributed by atoms with Crippen LogP contribution in [0.1, 0.15) is 70.8 Å². The van der Waals surface area contributed by atoms with Crippen molar-refractivity contribution in [2.45, 2.75) is 71.3 Å². The molecule has 27 heavy (non-hydrogen) atoms. The quantitative estimate of drug-likeness (QED) is 0.606. The summed E-state index contributed by atoms with van der Waals surface area (Å²) in [4.78, 5) is 13.5. The van der Waals surface area contributed by atoms with Gasteiger partial charge in [-0.15, -0.1) is 0 Å². The number of benzene rings is 1. The normalized spacial score (nSPS) is 23.7. The molecule has 1 aliphatic heterocycles. The van der Waals surface area contributed by atoms with Gasteiger partial charge < -0.3 is 9.53 Å². The number of ether oxygens (including phenoxy) is 1. The van der Waals surface area contributed by atoms with Crippen LogP contribution in [0.3, 0.4) is 0 Å². The van der Waals surface area contributed by atoms with Gasteiger partial charge in [-0.25, -0.2) is 0 Å². The Morgan fingerprint density at radius 3 is 2.48 bits per heavy atom. The highest BCUT2D eigenvalue weighted by Crippen LogP contribution is 2.30. The molecule has 0 atom stereocenters. The van der Waals surface area contributed by atoms with E-state index in [4.69, 9.17) is 4.74 Å². The van der Waals surface area contributed by atoms with E-state index in [1.807, 2.05) is 0 Å². The van der Waals surface area contributed by atoms with Gasteiger partial charge in [-0.2, -0.15) is 0 Å². The summed E-state index contributed by atoms with van der Waals surface area (Å²) in [6.45, 7) is 7.08. The highest BCUT2D eigenvalue weighted by Gasteiger charge is 2.21. The molecule has 0 amide bonds. The zero-order valence-electron chi connectivity index (χ0n) is 17.1. The fourth-order valence-corrected chi connectivity index (χ4v) is 4.33. The highest BCUT2D eigenvalue weighted by molar-refractivity contribution is 5.75. The lowest BCUT2D eigenvalue weighted by Gasteiger charge is -2.28. The first-order valence-corrected chi connectivity index (χ1v) is 10.8. The summed E-state index contributed by atoms with van der Waals surface area (Å²) in [6, 6.07) is 8.71. The monoisotopic (exact) mass is 369 g/mol. The Labute approximate surface area is 164 Å². The van der Waals surface area contributed by atoms with Crippen molar-refractivity contribution in [3.8, 4) is 5.75 Å². The molecule has 0 bridgehead atoms. The van der Waals surface area contributed by atoms with Gasteiger partial charge in [-0.1, -0.05) is 31.6 Å². The molecule has 0 N–H and O–H groups in total. The Morgan fingerprint density at radius 2 is 1.89 bits per heavy atom. The predicted molar refractivity (Wildman–Crippen MR) is 112 cm³/mol. The molecule has 148 valence electrons. The number of carbonyl (C=O) groups is 1. The van der Waals surface area contributed by atoms with Crippen LogP contribution < -0.4 is 4.74 Å². The first kappa shape index (κ1) is 20.1. The Bertz CT molecular complexity index is 626. The molecular weight excluding hydrogens is 334 g/mol. The number of carbonyl (C=O) groups excluding carboxylic acids is 1. The second-order valence-corrected chi connectivity index (χ2v) is 8.28. The number of hydrogen-bond donors (Lipinski definition) is 0. The van der Waals surface area contributed by atoms with Crippen LogP contribution in [0, 0.1) is 5.92 Å². The van der Waals surface area contributed by atoms with Gasteiger partial charge in [0.1, 0.15) is 11.5 Å². The summed E-state index contributed by atoms with van der Waals surface area (Å²) in [5.41, 5.74) is 2.76. The van der Waals surface area contributed by atoms with Gasteiger partial charge in [0.2, 0.25) is 0 Å². The summed E-state index contributed by atoms with van der Waals surface area (Å²) in [7, 11) is 0. The fourth-order valence-electron chi connectivity index (χ4n) is 4.33. The van der Waals surface area contributed by atoms with E-state index in [2.05, 4.69) is 42.2 Å². The molecule has 1 heterocycles. The average Bonchev–Trinajstić information content (AvgIpc) is 2.69. The van der Waals surface area contributed by atoms with E-state index in [1.165, 1.54) is 43.2 Å². The molecule has 3 rings (SSSR count). The Morgan fingerprint density at radius 1 is 1.15 bits per heavy atom. The second-order valence-electron chi connectivity index (χ2n) is 8.28. The topological polar surface area (TPSA) is 29.5 Å². The summed E-state index contributed by atoms with van der Waals surface area (Å²) in [6.07, 6.45) is 11.8. The van der Waals surface area contributed by atoms with Crippen molar-refractivity contribution in [3.05, 3.63) is 35.9 Å². The minimum atomic E-state index is 0.295. The Hall–Kier alpha value is -1.61. The van der Waals surface area contributed by atoms with Crippen LogP contribution in [-0.4, -0.2) is 36.4 Å². The molecule has 0 aromatic heterocycles. The molecule has 1 aromatic rings. The van der Waals surface area contributed by atoms with Crippen molar-refractivity contribution < 1.29 is 9.53 Å². The van der Waals surface area contributed by atoms with Gasteiger partial charge in [0.05, 0.1) is 6.10 Å². The lowest BCUT2D eigenvalue weighted by molar-refractivity contribution is -0.117. The first-order chi connectivity index (χ1) is 13.1. The smallest absolute Gasteiger partial charge is 0.129 e. The molecule has 3 heteroatoms. The number of hydrogen-bond acceptors (Lipinski definition) is 3. The molecule has 0 saturated heterocycles. The van der Waals surface area contributed by atoms with E-state index in [1.54, 1.807) is 6.92 Å². The van der Waals surface area contributed by atoms with Crippen molar-refractivity contribution in [1.82, 2.24) is 4.90 Å². The van der Waals surface area contributed by atoms with Crippen molar-refractivity contribution in [3.63, 3.8) is 0 Å². The summed E-state index contributed by atoms with van der Waals surface area (Å²) in [5.74, 6) is 2.22. The molecule has 1 aromatic carbocycles. The average molecular weight is 370 g/mol. The summed E-state index contributed by atoms with van der Waals surface area (Å²) >= 11 is 0. The van der Waals surface area contributed by atoms with E-state index in [0.717, 1.165) is 44.1 Å². The Balaban J connectivity index is 1.46. The maximum Gasteiger partial charge on any atom is 0.129 e. The maximum absolute atomic E-state index is 11.1. The van der Waals surface area contributed by atoms with Crippen molar-refractivity contribution in [1.29, 1.82) is 0 Å². The second kappa shape index (κ2) is 10.1. The molecule has 1 aliphatic carbocycles. The maximum atomic E-state index is 11.1. The van der Waals surface area contributed by atoms with Crippen LogP contribution in [0.25, 0.3) is 5.57 Å². The van der Waals surface area contributed by atoms with Crippen LogP contribution in [0.4, 0.5) is 0 Å². The summed E-state index contributed by atoms with van der Waals surface area (Å²) < 4.78 is 6.22. The third-order valence-corrected chi connectivity index (χ3v) is 6.20. The third-order valence-electron chi connectivity index (χ3n) is 6.20. The molecular formula is C24H35NO2. The zero-order chi connectivity index (χ0) is 19.1. The van der Waals surface area contributed by atoms with E-state index < -0.39 is 0 Å². The minimum absolute atomic E-state index is 0.295. The molecule has 3 nitrogen and oxygen atoms in total. The van der Waals surface area contributed by atoms with Gasteiger partial charge in [0.25, 0.3) is 0 Å². The van der Waals surface area contributed by atoms with E-state index in [9.17, 15) is 4.79 Å². The largest absolute Gasteiger partial charge is 0.490 e. The lowest BCUT2D eigenvalue weighted by Crippen LogP contribution is -2.29. The van der Waals surface area contributed by atoms with Gasteiger partial charge >= 0.3 is 0 Å². The van der Waals surface area contributed by atoms with E-state index >= 15 is 0 Å². The standard InChI is InChI=1S/C24H35NO2/c1-3-20-6-10-23(11-7-20)27-24-12-8-21(9-13-24)22-14-17-25(18-15-22)16-4-5-19(2)26/h8-9,12-14,20,23H,3-7,10-11,15-18H2,1-2H3/t20-,23+. The third kappa shape index (κ3) is 6.21. The molecule has 0 radical (unpaired) electrons. The molecule has 1 fully saturated rings. The van der Waals surface area contributed by atoms with Crippen molar-refractivity contribution in [2.75, 3.05) is 19.6 Å². The number of nitrogens with zero attached hydrogens (tertiary/aromatic N) is 1. The highest BCUT2D eigenvalue weighted by atomic mass is 16.5. The van der Waals surface area contributed by atoms with Crippen molar-refractivity contribution in [2.24, 2.45) is 5.92 Å². The lowest BCUT2D eigenvalue weighted by atomic mass is 9.86. The number of Topliss-reactive ketones (excluding diaryl/α,β-unsaturated/α-hetero) is 1. The summed E-state index contributed by atoms with van der Waals surface area (Å²) in [5, 5.41) is 0. The molecule has 0 spiro atoms. The fraction of sp³-hybridized carbons (Fsp3) is 0.625. The van der Waals surface area contributed by atoms with Gasteiger partial charge in [-0.05, 0) is 81.2 Å². The zero-order valence-corrected chi connectivity index (χ0v) is 17.1. The molecule has 2 aliphatic rings. The van der Waals surface area contributed by atoms with Gasteiger partial charge in [0, 0.05) is 19.5 Å². The van der Waals surface area contributed by atoms with Crippen LogP contribution >= 0.6 is 0 Å². The van der Waals surface area contributed by atoms with Crippen LogP contribution in [0.2, 0.25) is 0 Å². The van der Waals surface area contributed by atoms with Crippen LogP contribution in [0.15, 0.2) is 30.3 Å². The first-order valence-electron chi connectivity index (χ1n) is 10.8. The molecule has 1 saturated carbocycles. The van der Waals surface area contributed by atoms with Crippen LogP contribution in [0.5, 0.6) is 5.75 Å². The molecule has 0 unspecified atom stereocenters. The Kier molecular flexibility index (Phi) is 7.51. The van der Waals surface area contributed by atoms with Gasteiger partial charge in [-0.3, -0.25) is 4.90 Å². The SMILES string of the molecule is CC[C@H]1CC[C@@H](Oc2ccc(C3=CCN(CCCC(C)=O)CC3)cc2)CC1. The van der Waals surface area contributed by atoms with Crippen LogP contribution in [-0.2, 0) is 4.79 Å². The van der Waals surface area contributed by atoms with E-state index in [-0.39, 0.29) is 0 Å². The van der Waals surface area contributed by atoms with E-state index in [0.29, 0.717) is 18.3 Å². The minimum Gasteiger partial charge on any atom is -0.490 e. The predicted octanol–water partition coefficient (Wildman–Crippen LogP) is 5.49. The van der Waals surface area contributed by atoms with Gasteiger partial charge in [0.15, 0.2) is 0 Å². The number of ketones is 1. The number of rotatable bonds is 8. The van der Waals surface area contributed by atoms with Crippen molar-refractivity contribution >= 4 is 11.4 Å².